The molecule has 0 bridgehead atoms. The van der Waals surface area contributed by atoms with E-state index >= 15 is 0 Å². The van der Waals surface area contributed by atoms with Gasteiger partial charge in [0.1, 0.15) is 12.6 Å². The summed E-state index contributed by atoms with van der Waals surface area (Å²) >= 11 is 0. The van der Waals surface area contributed by atoms with Gasteiger partial charge < -0.3 is 10.1 Å². The quantitative estimate of drug-likeness (QED) is 0.607. The fourth-order valence-electron chi connectivity index (χ4n) is 3.73. The maximum absolute atomic E-state index is 12.4. The Morgan fingerprint density at radius 3 is 2.70 bits per heavy atom. The van der Waals surface area contributed by atoms with Crippen molar-refractivity contribution < 1.29 is 20.1 Å². The largest absolute Gasteiger partial charge is 0.600 e. The van der Waals surface area contributed by atoms with Gasteiger partial charge >= 0.3 is 0 Å². The van der Waals surface area contributed by atoms with E-state index in [-0.39, 0.29) is 12.0 Å². The summed E-state index contributed by atoms with van der Waals surface area (Å²) in [5.74, 6) is 1.74. The second-order valence-electron chi connectivity index (χ2n) is 6.99. The van der Waals surface area contributed by atoms with Crippen molar-refractivity contribution in [2.45, 2.75) is 52.0 Å². The summed E-state index contributed by atoms with van der Waals surface area (Å²) in [6.45, 7) is 7.35. The van der Waals surface area contributed by atoms with E-state index in [4.69, 9.17) is 5.21 Å². The number of likely N-dealkylation sites (tertiary alicyclic amines) is 1. The highest BCUT2D eigenvalue weighted by Gasteiger charge is 2.34. The summed E-state index contributed by atoms with van der Waals surface area (Å²) in [6, 6.07) is -0.298. The molecule has 1 heterocycles. The highest BCUT2D eigenvalue weighted by molar-refractivity contribution is 5.82. The molecular formula is C15H29N2O3+. The van der Waals surface area contributed by atoms with Crippen LogP contribution in [0.5, 0.6) is 0 Å². The fourth-order valence-corrected chi connectivity index (χ4v) is 3.73. The van der Waals surface area contributed by atoms with Crippen LogP contribution in [0.2, 0.25) is 0 Å². The average Bonchev–Trinajstić information content (AvgIpc) is 2.43. The second kappa shape index (κ2) is 6.98. The topological polar surface area (TPSA) is 69.2 Å². The molecule has 0 radical (unpaired) electrons. The van der Waals surface area contributed by atoms with Crippen molar-refractivity contribution in [3.63, 3.8) is 0 Å². The number of quaternary nitrogens is 2. The van der Waals surface area contributed by atoms with Gasteiger partial charge in [0.15, 0.2) is 5.78 Å². The Morgan fingerprint density at radius 1 is 1.30 bits per heavy atom. The van der Waals surface area contributed by atoms with Crippen LogP contribution in [-0.2, 0) is 4.79 Å². The monoisotopic (exact) mass is 285 g/mol. The van der Waals surface area contributed by atoms with Gasteiger partial charge in [-0.3, -0.25) is 4.79 Å². The van der Waals surface area contributed by atoms with Gasteiger partial charge in [0.2, 0.25) is 0 Å². The minimum absolute atomic E-state index is 0.00740. The highest BCUT2D eigenvalue weighted by atomic mass is 16.8. The first-order valence-corrected chi connectivity index (χ1v) is 8.06. The van der Waals surface area contributed by atoms with Crippen molar-refractivity contribution in [2.24, 2.45) is 17.8 Å². The molecule has 5 nitrogen and oxygen atoms in total. The second-order valence-corrected chi connectivity index (χ2v) is 6.99. The molecule has 116 valence electrons. The smallest absolute Gasteiger partial charge is 0.190 e. The van der Waals surface area contributed by atoms with Gasteiger partial charge in [0, 0.05) is 24.7 Å². The number of piperidine rings is 1. The van der Waals surface area contributed by atoms with Crippen molar-refractivity contribution in [2.75, 3.05) is 19.6 Å². The number of hydrogen-bond donors (Lipinski definition) is 3. The Hall–Kier alpha value is -0.490. The molecule has 1 saturated heterocycles. The molecule has 1 aliphatic heterocycles. The Labute approximate surface area is 121 Å². The zero-order valence-electron chi connectivity index (χ0n) is 12.7. The van der Waals surface area contributed by atoms with Crippen molar-refractivity contribution >= 4 is 5.78 Å². The number of nitrogens with one attached hydrogen (secondary N) is 2. The summed E-state index contributed by atoms with van der Waals surface area (Å²) in [7, 11) is 0. The van der Waals surface area contributed by atoms with Crippen LogP contribution in [0.3, 0.4) is 0 Å². The molecule has 2 rings (SSSR count). The molecule has 5 heteroatoms. The van der Waals surface area contributed by atoms with Crippen LogP contribution in [0.25, 0.3) is 0 Å². The zero-order valence-corrected chi connectivity index (χ0v) is 12.7. The SMILES string of the molecule is CC1CC[NH+](CC(=O)C2CCCC([NH+]([O-])O)C2)CC1C. The molecule has 3 N–H and O–H groups in total. The maximum Gasteiger partial charge on any atom is 0.190 e. The highest BCUT2D eigenvalue weighted by Crippen LogP contribution is 2.23. The number of hydroxylamine groups is 2. The van der Waals surface area contributed by atoms with Crippen LogP contribution in [0, 0.1) is 23.0 Å². The lowest BCUT2D eigenvalue weighted by atomic mass is 9.82. The van der Waals surface area contributed by atoms with Crippen LogP contribution >= 0.6 is 0 Å². The molecule has 1 aliphatic carbocycles. The van der Waals surface area contributed by atoms with E-state index in [0.29, 0.717) is 24.7 Å². The minimum Gasteiger partial charge on any atom is -0.600 e. The normalized spacial score (nSPS) is 40.3. The maximum atomic E-state index is 12.4. The van der Waals surface area contributed by atoms with Gasteiger partial charge in [-0.25, -0.2) is 10.4 Å². The lowest BCUT2D eigenvalue weighted by Gasteiger charge is -2.34. The zero-order chi connectivity index (χ0) is 14.7. The molecule has 2 aliphatic rings. The van der Waals surface area contributed by atoms with Gasteiger partial charge in [0.25, 0.3) is 0 Å². The van der Waals surface area contributed by atoms with Gasteiger partial charge in [-0.1, -0.05) is 13.8 Å². The molecule has 6 atom stereocenters. The van der Waals surface area contributed by atoms with E-state index in [0.717, 1.165) is 38.3 Å². The first-order chi connectivity index (χ1) is 9.47. The molecule has 6 unspecified atom stereocenters. The molecular weight excluding hydrogens is 256 g/mol. The van der Waals surface area contributed by atoms with E-state index in [1.165, 1.54) is 11.3 Å². The van der Waals surface area contributed by atoms with E-state index in [1.54, 1.807) is 0 Å². The molecule has 0 aromatic heterocycles. The Bertz CT molecular complexity index is 335. The Morgan fingerprint density at radius 2 is 2.05 bits per heavy atom. The van der Waals surface area contributed by atoms with Crippen molar-refractivity contribution in [1.29, 1.82) is 0 Å². The number of hydrogen-bond acceptors (Lipinski definition) is 3. The number of Topliss-reactive ketones (excluding diaryl/α,β-unsaturated/α-hetero) is 1. The van der Waals surface area contributed by atoms with Crippen LogP contribution < -0.4 is 10.1 Å². The Kier molecular flexibility index (Phi) is 5.55. The predicted octanol–water partition coefficient (Wildman–Crippen LogP) is -0.553. The summed E-state index contributed by atoms with van der Waals surface area (Å²) in [6.07, 6.45) is 4.28. The molecule has 1 saturated carbocycles. The molecule has 0 spiro atoms. The number of rotatable bonds is 4. The van der Waals surface area contributed by atoms with E-state index in [2.05, 4.69) is 13.8 Å². The van der Waals surface area contributed by atoms with Crippen LogP contribution in [-0.4, -0.2) is 36.7 Å². The van der Waals surface area contributed by atoms with Gasteiger partial charge in [-0.05, 0) is 25.2 Å². The Balaban J connectivity index is 1.82. The average molecular weight is 285 g/mol. The summed E-state index contributed by atoms with van der Waals surface area (Å²) in [5.41, 5.74) is 0. The number of ketones is 1. The first-order valence-electron chi connectivity index (χ1n) is 8.06. The van der Waals surface area contributed by atoms with Crippen molar-refractivity contribution in [3.05, 3.63) is 5.21 Å². The van der Waals surface area contributed by atoms with E-state index in [9.17, 15) is 10.0 Å². The van der Waals surface area contributed by atoms with Crippen LogP contribution in [0.1, 0.15) is 46.0 Å². The molecule has 2 fully saturated rings. The van der Waals surface area contributed by atoms with Crippen LogP contribution in [0.4, 0.5) is 0 Å². The number of carbonyl (C=O) groups is 1. The third-order valence-electron chi connectivity index (χ3n) is 5.44. The lowest BCUT2D eigenvalue weighted by molar-refractivity contribution is -1.07. The third kappa shape index (κ3) is 4.01. The molecule has 20 heavy (non-hydrogen) atoms. The van der Waals surface area contributed by atoms with E-state index in [1.807, 2.05) is 0 Å². The minimum atomic E-state index is -0.727. The van der Waals surface area contributed by atoms with Crippen LogP contribution in [0.15, 0.2) is 0 Å². The standard InChI is InChI=1S/C15H28N2O3/c1-11-6-7-16(9-12(11)2)10-15(18)13-4-3-5-14(8-13)17(19)20/h11-14,17,19H,3-10H2,1-2H3/p+1. The molecule has 0 amide bonds. The van der Waals surface area contributed by atoms with Gasteiger partial charge in [-0.15, -0.1) is 0 Å². The summed E-state index contributed by atoms with van der Waals surface area (Å²) < 4.78 is 0. The summed E-state index contributed by atoms with van der Waals surface area (Å²) in [4.78, 5) is 13.8. The molecule has 0 aromatic rings. The fraction of sp³-hybridized carbons (Fsp3) is 0.933. The van der Waals surface area contributed by atoms with Crippen molar-refractivity contribution in [1.82, 2.24) is 0 Å². The number of carbonyl (C=O) groups excluding carboxylic acids is 1. The third-order valence-corrected chi connectivity index (χ3v) is 5.44. The van der Waals surface area contributed by atoms with Crippen molar-refractivity contribution in [3.8, 4) is 0 Å². The van der Waals surface area contributed by atoms with E-state index < -0.39 is 5.23 Å². The lowest BCUT2D eigenvalue weighted by Crippen LogP contribution is -3.14. The molecule has 0 aromatic carbocycles. The first kappa shape index (κ1) is 15.9. The summed E-state index contributed by atoms with van der Waals surface area (Å²) in [5, 5.41) is 19.5. The predicted molar refractivity (Wildman–Crippen MR) is 75.4 cm³/mol. The van der Waals surface area contributed by atoms with Gasteiger partial charge in [0.05, 0.1) is 13.1 Å². The van der Waals surface area contributed by atoms with Gasteiger partial charge in [-0.2, -0.15) is 0 Å².